The highest BCUT2D eigenvalue weighted by atomic mass is 79.9. The fourth-order valence-corrected chi connectivity index (χ4v) is 1.87. The maximum atomic E-state index is 12.0. The zero-order valence-electron chi connectivity index (χ0n) is 11.1. The fourth-order valence-electron chi connectivity index (χ4n) is 1.48. The highest BCUT2D eigenvalue weighted by molar-refractivity contribution is 9.10. The summed E-state index contributed by atoms with van der Waals surface area (Å²) in [7, 11) is 0. The summed E-state index contributed by atoms with van der Waals surface area (Å²) in [5.74, 6) is -0.496. The SMILES string of the molecule is Cc1nnc(NC(=O)c2ccc(Br)c([N+](=O)[O-])c2)nc1C. The number of amides is 1. The van der Waals surface area contributed by atoms with Crippen LogP contribution in [0.25, 0.3) is 0 Å². The van der Waals surface area contributed by atoms with Crippen molar-refractivity contribution in [2.24, 2.45) is 0 Å². The van der Waals surface area contributed by atoms with Gasteiger partial charge in [0.15, 0.2) is 0 Å². The van der Waals surface area contributed by atoms with E-state index in [9.17, 15) is 14.9 Å². The lowest BCUT2D eigenvalue weighted by Gasteiger charge is -2.05. The van der Waals surface area contributed by atoms with Crippen molar-refractivity contribution in [2.75, 3.05) is 5.32 Å². The van der Waals surface area contributed by atoms with Crippen molar-refractivity contribution in [3.8, 4) is 0 Å². The number of hydrogen-bond donors (Lipinski definition) is 1. The Morgan fingerprint density at radius 1 is 1.29 bits per heavy atom. The van der Waals surface area contributed by atoms with Crippen LogP contribution < -0.4 is 5.32 Å². The molecular formula is C12H10BrN5O3. The van der Waals surface area contributed by atoms with Crippen LogP contribution in [0.3, 0.4) is 0 Å². The molecule has 8 nitrogen and oxygen atoms in total. The number of benzene rings is 1. The summed E-state index contributed by atoms with van der Waals surface area (Å²) in [6, 6.07) is 4.07. The minimum atomic E-state index is -0.574. The standard InChI is InChI=1S/C12H10BrN5O3/c1-6-7(2)16-17-12(14-6)15-11(19)8-3-4-9(13)10(5-8)18(20)21/h3-5H,1-2H3,(H,14,15,17,19). The van der Waals surface area contributed by atoms with Crippen molar-refractivity contribution in [3.05, 3.63) is 49.7 Å². The number of nitrogens with one attached hydrogen (secondary N) is 1. The van der Waals surface area contributed by atoms with E-state index in [2.05, 4.69) is 36.4 Å². The van der Waals surface area contributed by atoms with E-state index in [0.29, 0.717) is 15.9 Å². The van der Waals surface area contributed by atoms with Crippen LogP contribution in [0.5, 0.6) is 0 Å². The Hall–Kier alpha value is -2.42. The maximum Gasteiger partial charge on any atom is 0.284 e. The zero-order valence-corrected chi connectivity index (χ0v) is 12.7. The highest BCUT2D eigenvalue weighted by Gasteiger charge is 2.16. The normalized spacial score (nSPS) is 10.2. The third kappa shape index (κ3) is 3.37. The van der Waals surface area contributed by atoms with Gasteiger partial charge in [0.05, 0.1) is 20.8 Å². The molecule has 0 saturated heterocycles. The van der Waals surface area contributed by atoms with E-state index in [0.717, 1.165) is 0 Å². The van der Waals surface area contributed by atoms with Gasteiger partial charge in [-0.25, -0.2) is 4.98 Å². The molecule has 0 saturated carbocycles. The molecule has 0 atom stereocenters. The minimum absolute atomic E-state index is 0.0497. The molecule has 1 amide bonds. The molecule has 0 radical (unpaired) electrons. The van der Waals surface area contributed by atoms with E-state index >= 15 is 0 Å². The number of nitro groups is 1. The van der Waals surface area contributed by atoms with Gasteiger partial charge in [-0.05, 0) is 41.9 Å². The van der Waals surface area contributed by atoms with E-state index in [4.69, 9.17) is 0 Å². The second-order valence-corrected chi connectivity index (χ2v) is 5.04. The average Bonchev–Trinajstić information content (AvgIpc) is 2.43. The van der Waals surface area contributed by atoms with Gasteiger partial charge in [0, 0.05) is 11.6 Å². The quantitative estimate of drug-likeness (QED) is 0.671. The van der Waals surface area contributed by atoms with E-state index in [-0.39, 0.29) is 17.2 Å². The van der Waals surface area contributed by atoms with E-state index < -0.39 is 10.8 Å². The molecule has 2 aromatic rings. The summed E-state index contributed by atoms with van der Waals surface area (Å²) in [4.78, 5) is 26.4. The summed E-state index contributed by atoms with van der Waals surface area (Å²) in [6.45, 7) is 3.49. The molecule has 0 unspecified atom stereocenters. The first kappa shape index (κ1) is 15.0. The molecule has 1 aromatic heterocycles. The van der Waals surface area contributed by atoms with Gasteiger partial charge in [-0.1, -0.05) is 0 Å². The first-order chi connectivity index (χ1) is 9.88. The number of hydrogen-bond acceptors (Lipinski definition) is 6. The Kier molecular flexibility index (Phi) is 4.22. The third-order valence-corrected chi connectivity index (χ3v) is 3.39. The summed E-state index contributed by atoms with van der Waals surface area (Å²) >= 11 is 3.06. The zero-order chi connectivity index (χ0) is 15.6. The molecule has 1 heterocycles. The lowest BCUT2D eigenvalue weighted by molar-refractivity contribution is -0.385. The molecule has 2 rings (SSSR count). The van der Waals surface area contributed by atoms with Crippen LogP contribution in [0.2, 0.25) is 0 Å². The smallest absolute Gasteiger partial charge is 0.284 e. The van der Waals surface area contributed by atoms with E-state index in [1.165, 1.54) is 18.2 Å². The van der Waals surface area contributed by atoms with Gasteiger partial charge in [0.2, 0.25) is 5.95 Å². The molecule has 1 N–H and O–H groups in total. The fraction of sp³-hybridized carbons (Fsp3) is 0.167. The third-order valence-electron chi connectivity index (χ3n) is 2.72. The van der Waals surface area contributed by atoms with Crippen LogP contribution in [-0.4, -0.2) is 26.0 Å². The van der Waals surface area contributed by atoms with Crippen LogP contribution >= 0.6 is 15.9 Å². The molecule has 0 aliphatic heterocycles. The predicted octanol–water partition coefficient (Wildman–Crippen LogP) is 2.41. The number of halogens is 1. The first-order valence-electron chi connectivity index (χ1n) is 5.81. The van der Waals surface area contributed by atoms with Crippen LogP contribution in [0, 0.1) is 24.0 Å². The molecule has 108 valence electrons. The van der Waals surface area contributed by atoms with Crippen molar-refractivity contribution >= 4 is 33.5 Å². The van der Waals surface area contributed by atoms with Crippen molar-refractivity contribution in [2.45, 2.75) is 13.8 Å². The lowest BCUT2D eigenvalue weighted by atomic mass is 10.2. The largest absolute Gasteiger partial charge is 0.289 e. The molecule has 0 fully saturated rings. The molecular weight excluding hydrogens is 342 g/mol. The number of anilines is 1. The van der Waals surface area contributed by atoms with Crippen LogP contribution in [0.15, 0.2) is 22.7 Å². The average molecular weight is 352 g/mol. The van der Waals surface area contributed by atoms with Crippen molar-refractivity contribution in [1.82, 2.24) is 15.2 Å². The van der Waals surface area contributed by atoms with Crippen molar-refractivity contribution < 1.29 is 9.72 Å². The molecule has 21 heavy (non-hydrogen) atoms. The van der Waals surface area contributed by atoms with Gasteiger partial charge < -0.3 is 0 Å². The summed E-state index contributed by atoms with van der Waals surface area (Å²) in [6.07, 6.45) is 0. The molecule has 0 bridgehead atoms. The number of nitrogens with zero attached hydrogens (tertiary/aromatic N) is 4. The number of nitro benzene ring substituents is 1. The number of carbonyl (C=O) groups is 1. The van der Waals surface area contributed by atoms with Gasteiger partial charge in [-0.2, -0.15) is 5.10 Å². The summed E-state index contributed by atoms with van der Waals surface area (Å²) < 4.78 is 0.299. The Balaban J connectivity index is 2.26. The van der Waals surface area contributed by atoms with Crippen LogP contribution in [0.1, 0.15) is 21.7 Å². The van der Waals surface area contributed by atoms with Gasteiger partial charge in [-0.15, -0.1) is 5.10 Å². The molecule has 0 aliphatic rings. The van der Waals surface area contributed by atoms with Crippen LogP contribution in [0.4, 0.5) is 11.6 Å². The maximum absolute atomic E-state index is 12.0. The Labute approximate surface area is 127 Å². The minimum Gasteiger partial charge on any atom is -0.289 e. The lowest BCUT2D eigenvalue weighted by Crippen LogP contribution is -2.15. The Bertz CT molecular complexity index is 735. The van der Waals surface area contributed by atoms with Gasteiger partial charge in [0.25, 0.3) is 11.6 Å². The van der Waals surface area contributed by atoms with E-state index in [1.807, 2.05) is 0 Å². The number of rotatable bonds is 3. The topological polar surface area (TPSA) is 111 Å². The molecule has 1 aromatic carbocycles. The van der Waals surface area contributed by atoms with Gasteiger partial charge in [-0.3, -0.25) is 20.2 Å². The van der Waals surface area contributed by atoms with Crippen molar-refractivity contribution in [3.63, 3.8) is 0 Å². The second-order valence-electron chi connectivity index (χ2n) is 4.18. The number of aryl methyl sites for hydroxylation is 2. The highest BCUT2D eigenvalue weighted by Crippen LogP contribution is 2.25. The van der Waals surface area contributed by atoms with Crippen LogP contribution in [-0.2, 0) is 0 Å². The van der Waals surface area contributed by atoms with E-state index in [1.54, 1.807) is 13.8 Å². The monoisotopic (exact) mass is 351 g/mol. The van der Waals surface area contributed by atoms with Gasteiger partial charge in [0.1, 0.15) is 0 Å². The number of carbonyl (C=O) groups excluding carboxylic acids is 1. The summed E-state index contributed by atoms with van der Waals surface area (Å²) in [5, 5.41) is 20.9. The molecule has 0 aliphatic carbocycles. The number of aromatic nitrogens is 3. The Morgan fingerprint density at radius 3 is 2.62 bits per heavy atom. The first-order valence-corrected chi connectivity index (χ1v) is 6.61. The second kappa shape index (κ2) is 5.92. The van der Waals surface area contributed by atoms with Gasteiger partial charge >= 0.3 is 0 Å². The summed E-state index contributed by atoms with van der Waals surface area (Å²) in [5.41, 5.74) is 1.24. The molecule has 9 heteroatoms. The molecule has 0 spiro atoms. The predicted molar refractivity (Wildman–Crippen MR) is 78.1 cm³/mol. The Morgan fingerprint density at radius 2 is 2.00 bits per heavy atom. The van der Waals surface area contributed by atoms with Crippen molar-refractivity contribution in [1.29, 1.82) is 0 Å².